The highest BCUT2D eigenvalue weighted by Crippen LogP contribution is 2.18. The van der Waals surface area contributed by atoms with E-state index >= 15 is 0 Å². The van der Waals surface area contributed by atoms with Gasteiger partial charge in [-0.05, 0) is 12.1 Å². The summed E-state index contributed by atoms with van der Waals surface area (Å²) in [7, 11) is 0. The molecule has 0 aromatic heterocycles. The third-order valence-corrected chi connectivity index (χ3v) is 1.56. The second kappa shape index (κ2) is 3.59. The second-order valence-electron chi connectivity index (χ2n) is 2.53. The maximum atomic E-state index is 10.3. The highest BCUT2D eigenvalue weighted by molar-refractivity contribution is 5.71. The van der Waals surface area contributed by atoms with Gasteiger partial charge in [0.05, 0.1) is 18.1 Å². The number of carboxylic acids is 1. The number of phenols is 1. The van der Waals surface area contributed by atoms with Crippen molar-refractivity contribution in [2.75, 3.05) is 0 Å². The number of aliphatic carboxylic acids is 1. The monoisotopic (exact) mass is 177 g/mol. The molecule has 0 spiro atoms. The summed E-state index contributed by atoms with van der Waals surface area (Å²) >= 11 is 0. The van der Waals surface area contributed by atoms with E-state index in [-0.39, 0.29) is 12.2 Å². The fourth-order valence-electron chi connectivity index (χ4n) is 0.946. The molecule has 0 aliphatic heterocycles. The van der Waals surface area contributed by atoms with Gasteiger partial charge in [-0.1, -0.05) is 6.07 Å². The Morgan fingerprint density at radius 3 is 2.69 bits per heavy atom. The Labute approximate surface area is 74.7 Å². The van der Waals surface area contributed by atoms with E-state index in [2.05, 4.69) is 0 Å². The molecule has 4 nitrogen and oxygen atoms in total. The van der Waals surface area contributed by atoms with Crippen molar-refractivity contribution in [3.8, 4) is 11.8 Å². The lowest BCUT2D eigenvalue weighted by atomic mass is 10.1. The van der Waals surface area contributed by atoms with Crippen molar-refractivity contribution in [3.63, 3.8) is 0 Å². The third-order valence-electron chi connectivity index (χ3n) is 1.56. The van der Waals surface area contributed by atoms with E-state index in [1.54, 1.807) is 0 Å². The molecule has 1 aromatic rings. The Morgan fingerprint density at radius 1 is 1.54 bits per heavy atom. The van der Waals surface area contributed by atoms with E-state index in [1.165, 1.54) is 18.2 Å². The molecule has 0 saturated heterocycles. The molecular formula is C9H7NO3. The standard InChI is InChI=1S/C9H7NO3/c10-5-6-1-2-7(4-9(12)13)8(11)3-6/h1-3,11H,4H2,(H,12,13). The molecule has 0 amide bonds. The topological polar surface area (TPSA) is 81.3 Å². The predicted molar refractivity (Wildman–Crippen MR) is 44.2 cm³/mol. The quantitative estimate of drug-likeness (QED) is 0.702. The van der Waals surface area contributed by atoms with E-state index in [9.17, 15) is 9.90 Å². The number of nitriles is 1. The van der Waals surface area contributed by atoms with Crippen LogP contribution in [0, 0.1) is 11.3 Å². The minimum Gasteiger partial charge on any atom is -0.508 e. The number of nitrogens with zero attached hydrogens (tertiary/aromatic N) is 1. The van der Waals surface area contributed by atoms with Crippen LogP contribution < -0.4 is 0 Å². The molecule has 0 fully saturated rings. The largest absolute Gasteiger partial charge is 0.508 e. The fourth-order valence-corrected chi connectivity index (χ4v) is 0.946. The normalized spacial score (nSPS) is 9.15. The van der Waals surface area contributed by atoms with Gasteiger partial charge in [0.15, 0.2) is 0 Å². The predicted octanol–water partition coefficient (Wildman–Crippen LogP) is 0.891. The van der Waals surface area contributed by atoms with Crippen molar-refractivity contribution in [2.24, 2.45) is 0 Å². The summed E-state index contributed by atoms with van der Waals surface area (Å²) in [6.45, 7) is 0. The maximum absolute atomic E-state index is 10.3. The van der Waals surface area contributed by atoms with Crippen LogP contribution in [0.15, 0.2) is 18.2 Å². The molecule has 0 saturated carbocycles. The lowest BCUT2D eigenvalue weighted by Gasteiger charge is -2.00. The van der Waals surface area contributed by atoms with Gasteiger partial charge in [0.2, 0.25) is 0 Å². The first kappa shape index (κ1) is 9.07. The second-order valence-corrected chi connectivity index (χ2v) is 2.53. The van der Waals surface area contributed by atoms with Crippen molar-refractivity contribution < 1.29 is 15.0 Å². The Bertz CT molecular complexity index is 379. The molecule has 0 radical (unpaired) electrons. The molecule has 0 aliphatic carbocycles. The average Bonchev–Trinajstić information content (AvgIpc) is 2.08. The minimum absolute atomic E-state index is 0.151. The van der Waals surface area contributed by atoms with Gasteiger partial charge in [0.25, 0.3) is 0 Å². The first-order valence-electron chi connectivity index (χ1n) is 3.57. The van der Waals surface area contributed by atoms with Gasteiger partial charge in [-0.25, -0.2) is 0 Å². The van der Waals surface area contributed by atoms with Gasteiger partial charge in [-0.2, -0.15) is 5.26 Å². The zero-order valence-electron chi connectivity index (χ0n) is 6.69. The molecule has 66 valence electrons. The summed E-state index contributed by atoms with van der Waals surface area (Å²) in [6, 6.07) is 5.99. The van der Waals surface area contributed by atoms with Gasteiger partial charge in [0, 0.05) is 5.56 Å². The van der Waals surface area contributed by atoms with E-state index in [4.69, 9.17) is 10.4 Å². The van der Waals surface area contributed by atoms with Crippen LogP contribution in [-0.2, 0) is 11.2 Å². The Hall–Kier alpha value is -2.02. The highest BCUT2D eigenvalue weighted by atomic mass is 16.4. The summed E-state index contributed by atoms with van der Waals surface area (Å²) in [6.07, 6.45) is -0.239. The summed E-state index contributed by atoms with van der Waals surface area (Å²) in [5.74, 6) is -1.17. The fraction of sp³-hybridized carbons (Fsp3) is 0.111. The molecule has 1 aromatic carbocycles. The van der Waals surface area contributed by atoms with Gasteiger partial charge < -0.3 is 10.2 Å². The molecule has 0 bridgehead atoms. The average molecular weight is 177 g/mol. The van der Waals surface area contributed by atoms with Crippen molar-refractivity contribution in [2.45, 2.75) is 6.42 Å². The third kappa shape index (κ3) is 2.20. The molecule has 13 heavy (non-hydrogen) atoms. The van der Waals surface area contributed by atoms with E-state index < -0.39 is 5.97 Å². The highest BCUT2D eigenvalue weighted by Gasteiger charge is 2.06. The number of hydrogen-bond donors (Lipinski definition) is 2. The van der Waals surface area contributed by atoms with Crippen molar-refractivity contribution in [1.82, 2.24) is 0 Å². The summed E-state index contributed by atoms with van der Waals surface area (Å²) in [5, 5.41) is 26.2. The van der Waals surface area contributed by atoms with Crippen LogP contribution >= 0.6 is 0 Å². The molecule has 0 atom stereocenters. The Kier molecular flexibility index (Phi) is 2.50. The van der Waals surface area contributed by atoms with E-state index in [0.29, 0.717) is 11.1 Å². The number of rotatable bonds is 2. The Morgan fingerprint density at radius 2 is 2.23 bits per heavy atom. The number of benzene rings is 1. The van der Waals surface area contributed by atoms with Crippen LogP contribution in [0.3, 0.4) is 0 Å². The van der Waals surface area contributed by atoms with Crippen LogP contribution in [0.1, 0.15) is 11.1 Å². The van der Waals surface area contributed by atoms with Crippen LogP contribution in [0.2, 0.25) is 0 Å². The number of carboxylic acid groups (broad SMARTS) is 1. The van der Waals surface area contributed by atoms with E-state index in [0.717, 1.165) is 0 Å². The zero-order chi connectivity index (χ0) is 9.84. The van der Waals surface area contributed by atoms with Gasteiger partial charge in [-0.15, -0.1) is 0 Å². The smallest absolute Gasteiger partial charge is 0.307 e. The first-order valence-corrected chi connectivity index (χ1v) is 3.57. The summed E-state index contributed by atoms with van der Waals surface area (Å²) < 4.78 is 0. The molecule has 0 aliphatic rings. The molecule has 1 rings (SSSR count). The van der Waals surface area contributed by atoms with Crippen LogP contribution in [0.5, 0.6) is 5.75 Å². The molecule has 0 heterocycles. The number of carbonyl (C=O) groups is 1. The van der Waals surface area contributed by atoms with Crippen LogP contribution in [-0.4, -0.2) is 16.2 Å². The maximum Gasteiger partial charge on any atom is 0.307 e. The minimum atomic E-state index is -1.01. The van der Waals surface area contributed by atoms with Crippen molar-refractivity contribution >= 4 is 5.97 Å². The number of hydrogen-bond acceptors (Lipinski definition) is 3. The van der Waals surface area contributed by atoms with Crippen LogP contribution in [0.4, 0.5) is 0 Å². The van der Waals surface area contributed by atoms with Gasteiger partial charge in [-0.3, -0.25) is 4.79 Å². The van der Waals surface area contributed by atoms with Gasteiger partial charge >= 0.3 is 5.97 Å². The number of phenolic OH excluding ortho intramolecular Hbond substituents is 1. The first-order chi connectivity index (χ1) is 6.13. The van der Waals surface area contributed by atoms with Crippen LogP contribution in [0.25, 0.3) is 0 Å². The SMILES string of the molecule is N#Cc1ccc(CC(=O)O)c(O)c1. The molecule has 4 heteroatoms. The zero-order valence-corrected chi connectivity index (χ0v) is 6.69. The van der Waals surface area contributed by atoms with E-state index in [1.807, 2.05) is 6.07 Å². The summed E-state index contributed by atoms with van der Waals surface area (Å²) in [4.78, 5) is 10.3. The molecule has 0 unspecified atom stereocenters. The van der Waals surface area contributed by atoms with Crippen molar-refractivity contribution in [3.05, 3.63) is 29.3 Å². The van der Waals surface area contributed by atoms with Crippen molar-refractivity contribution in [1.29, 1.82) is 5.26 Å². The molecule has 2 N–H and O–H groups in total. The lowest BCUT2D eigenvalue weighted by Crippen LogP contribution is -2.00. The van der Waals surface area contributed by atoms with Gasteiger partial charge in [0.1, 0.15) is 5.75 Å². The lowest BCUT2D eigenvalue weighted by molar-refractivity contribution is -0.136. The summed E-state index contributed by atoms with van der Waals surface area (Å²) in [5.41, 5.74) is 0.623. The Balaban J connectivity index is 3.00. The number of aromatic hydroxyl groups is 1. The molecular weight excluding hydrogens is 170 g/mol.